The lowest BCUT2D eigenvalue weighted by Gasteiger charge is -2.15. The molecule has 0 saturated carbocycles. The van der Waals surface area contributed by atoms with E-state index in [2.05, 4.69) is 10.6 Å². The van der Waals surface area contributed by atoms with E-state index < -0.39 is 12.0 Å². The van der Waals surface area contributed by atoms with Crippen LogP contribution in [0.2, 0.25) is 5.02 Å². The van der Waals surface area contributed by atoms with Crippen LogP contribution in [-0.4, -0.2) is 36.4 Å². The summed E-state index contributed by atoms with van der Waals surface area (Å²) >= 11 is 5.76. The van der Waals surface area contributed by atoms with E-state index in [1.807, 2.05) is 6.92 Å². The number of anilines is 1. The summed E-state index contributed by atoms with van der Waals surface area (Å²) in [6.07, 6.45) is 1.03. The van der Waals surface area contributed by atoms with Crippen molar-refractivity contribution in [3.8, 4) is 0 Å². The molecule has 0 aliphatic carbocycles. The summed E-state index contributed by atoms with van der Waals surface area (Å²) in [7, 11) is 0. The molecule has 1 aliphatic rings. The summed E-state index contributed by atoms with van der Waals surface area (Å²) in [6, 6.07) is 3.84. The van der Waals surface area contributed by atoms with Crippen LogP contribution < -0.4 is 10.6 Å². The molecule has 2 rings (SSSR count). The van der Waals surface area contributed by atoms with E-state index in [1.54, 1.807) is 0 Å². The zero-order chi connectivity index (χ0) is 15.4. The molecule has 1 aromatic carbocycles. The smallest absolute Gasteiger partial charge is 0.337 e. The number of carbonyl (C=O) groups excluding carboxylic acids is 1. The van der Waals surface area contributed by atoms with Gasteiger partial charge in [0, 0.05) is 24.1 Å². The van der Waals surface area contributed by atoms with Crippen LogP contribution in [0.15, 0.2) is 18.2 Å². The Morgan fingerprint density at radius 1 is 1.48 bits per heavy atom. The van der Waals surface area contributed by atoms with Gasteiger partial charge in [-0.25, -0.2) is 9.59 Å². The second kappa shape index (κ2) is 6.78. The third-order valence-corrected chi connectivity index (χ3v) is 3.75. The standard InChI is InChI=1S/C14H17ClN2O4/c1-8-9(4-5-21-8)7-16-14(20)17-12-3-2-10(15)6-11(12)13(18)19/h2-3,6,8-9H,4-5,7H2,1H3,(H,18,19)(H2,16,17,20). The number of carbonyl (C=O) groups is 2. The largest absolute Gasteiger partial charge is 0.478 e. The number of benzene rings is 1. The first kappa shape index (κ1) is 15.6. The average Bonchev–Trinajstić information content (AvgIpc) is 2.84. The summed E-state index contributed by atoms with van der Waals surface area (Å²) in [5, 5.41) is 14.7. The van der Waals surface area contributed by atoms with Gasteiger partial charge in [0.05, 0.1) is 17.4 Å². The third kappa shape index (κ3) is 4.09. The van der Waals surface area contributed by atoms with Crippen LogP contribution in [0.3, 0.4) is 0 Å². The normalized spacial score (nSPS) is 21.0. The number of halogens is 1. The van der Waals surface area contributed by atoms with Crippen LogP contribution in [0.1, 0.15) is 23.7 Å². The van der Waals surface area contributed by atoms with Crippen molar-refractivity contribution >= 4 is 29.3 Å². The molecule has 2 amide bonds. The first-order valence-corrected chi connectivity index (χ1v) is 7.04. The van der Waals surface area contributed by atoms with Crippen LogP contribution in [0.25, 0.3) is 0 Å². The maximum absolute atomic E-state index is 11.8. The van der Waals surface area contributed by atoms with Crippen molar-refractivity contribution < 1.29 is 19.4 Å². The number of amides is 2. The van der Waals surface area contributed by atoms with Crippen molar-refractivity contribution in [3.63, 3.8) is 0 Å². The number of hydrogen-bond acceptors (Lipinski definition) is 3. The van der Waals surface area contributed by atoms with E-state index in [0.717, 1.165) is 6.42 Å². The summed E-state index contributed by atoms with van der Waals surface area (Å²) in [5.41, 5.74) is 0.162. The molecule has 1 saturated heterocycles. The quantitative estimate of drug-likeness (QED) is 0.797. The molecule has 2 unspecified atom stereocenters. The Labute approximate surface area is 127 Å². The van der Waals surface area contributed by atoms with Crippen molar-refractivity contribution in [3.05, 3.63) is 28.8 Å². The zero-order valence-corrected chi connectivity index (χ0v) is 12.3. The molecule has 3 N–H and O–H groups in total. The van der Waals surface area contributed by atoms with Crippen molar-refractivity contribution in [2.45, 2.75) is 19.4 Å². The maximum Gasteiger partial charge on any atom is 0.337 e. The molecule has 114 valence electrons. The molecular weight excluding hydrogens is 296 g/mol. The lowest BCUT2D eigenvalue weighted by molar-refractivity contribution is 0.0698. The highest BCUT2D eigenvalue weighted by molar-refractivity contribution is 6.31. The summed E-state index contributed by atoms with van der Waals surface area (Å²) < 4.78 is 5.42. The fourth-order valence-corrected chi connectivity index (χ4v) is 2.41. The maximum atomic E-state index is 11.8. The van der Waals surface area contributed by atoms with Gasteiger partial charge in [-0.2, -0.15) is 0 Å². The minimum atomic E-state index is -1.15. The Hall–Kier alpha value is -1.79. The Morgan fingerprint density at radius 2 is 2.24 bits per heavy atom. The molecule has 0 aromatic heterocycles. The predicted molar refractivity (Wildman–Crippen MR) is 79.0 cm³/mol. The van der Waals surface area contributed by atoms with Gasteiger partial charge < -0.3 is 20.5 Å². The molecule has 21 heavy (non-hydrogen) atoms. The molecule has 2 atom stereocenters. The van der Waals surface area contributed by atoms with E-state index in [9.17, 15) is 9.59 Å². The summed E-state index contributed by atoms with van der Waals surface area (Å²) in [6.45, 7) is 3.16. The van der Waals surface area contributed by atoms with Crippen LogP contribution in [-0.2, 0) is 4.74 Å². The predicted octanol–water partition coefficient (Wildman–Crippen LogP) is 2.58. The van der Waals surface area contributed by atoms with Gasteiger partial charge in [0.1, 0.15) is 0 Å². The molecule has 1 heterocycles. The zero-order valence-electron chi connectivity index (χ0n) is 11.6. The molecular formula is C14H17ClN2O4. The van der Waals surface area contributed by atoms with Gasteiger partial charge in [0.25, 0.3) is 0 Å². The highest BCUT2D eigenvalue weighted by Crippen LogP contribution is 2.21. The minimum Gasteiger partial charge on any atom is -0.478 e. The lowest BCUT2D eigenvalue weighted by Crippen LogP contribution is -2.35. The number of aromatic carboxylic acids is 1. The van der Waals surface area contributed by atoms with Gasteiger partial charge >= 0.3 is 12.0 Å². The van der Waals surface area contributed by atoms with Crippen molar-refractivity contribution in [1.82, 2.24) is 5.32 Å². The van der Waals surface area contributed by atoms with Crippen LogP contribution >= 0.6 is 11.6 Å². The van der Waals surface area contributed by atoms with Gasteiger partial charge in [0.15, 0.2) is 0 Å². The highest BCUT2D eigenvalue weighted by atomic mass is 35.5. The van der Waals surface area contributed by atoms with Crippen molar-refractivity contribution in [2.24, 2.45) is 5.92 Å². The minimum absolute atomic E-state index is 0.0461. The van der Waals surface area contributed by atoms with Crippen LogP contribution in [0.4, 0.5) is 10.5 Å². The number of urea groups is 1. The molecule has 0 bridgehead atoms. The van der Waals surface area contributed by atoms with Gasteiger partial charge in [-0.1, -0.05) is 11.6 Å². The van der Waals surface area contributed by atoms with E-state index >= 15 is 0 Å². The molecule has 1 aromatic rings. The highest BCUT2D eigenvalue weighted by Gasteiger charge is 2.24. The van der Waals surface area contributed by atoms with Gasteiger partial charge in [-0.3, -0.25) is 0 Å². The second-order valence-corrected chi connectivity index (χ2v) is 5.39. The van der Waals surface area contributed by atoms with Gasteiger partial charge in [-0.05, 0) is 31.5 Å². The number of rotatable bonds is 4. The number of hydrogen-bond donors (Lipinski definition) is 3. The van der Waals surface area contributed by atoms with E-state index in [4.69, 9.17) is 21.4 Å². The Kier molecular flexibility index (Phi) is 5.03. The van der Waals surface area contributed by atoms with E-state index in [1.165, 1.54) is 18.2 Å². The van der Waals surface area contributed by atoms with E-state index in [-0.39, 0.29) is 23.3 Å². The van der Waals surface area contributed by atoms with Gasteiger partial charge in [0.2, 0.25) is 0 Å². The van der Waals surface area contributed by atoms with E-state index in [0.29, 0.717) is 18.2 Å². The van der Waals surface area contributed by atoms with Crippen LogP contribution in [0.5, 0.6) is 0 Å². The Bertz CT molecular complexity index is 550. The first-order valence-electron chi connectivity index (χ1n) is 6.66. The first-order chi connectivity index (χ1) is 9.97. The second-order valence-electron chi connectivity index (χ2n) is 4.95. The number of carboxylic acids is 1. The topological polar surface area (TPSA) is 87.7 Å². The molecule has 1 aliphatic heterocycles. The monoisotopic (exact) mass is 312 g/mol. The molecule has 7 heteroatoms. The van der Waals surface area contributed by atoms with Gasteiger partial charge in [-0.15, -0.1) is 0 Å². The summed E-state index contributed by atoms with van der Waals surface area (Å²) in [4.78, 5) is 23.0. The molecule has 0 spiro atoms. The summed E-state index contributed by atoms with van der Waals surface area (Å²) in [5.74, 6) is -0.870. The molecule has 1 fully saturated rings. The molecule has 6 nitrogen and oxygen atoms in total. The van der Waals surface area contributed by atoms with Crippen molar-refractivity contribution in [2.75, 3.05) is 18.5 Å². The average molecular weight is 313 g/mol. The Balaban J connectivity index is 1.95. The fourth-order valence-electron chi connectivity index (χ4n) is 2.24. The third-order valence-electron chi connectivity index (χ3n) is 3.52. The lowest BCUT2D eigenvalue weighted by atomic mass is 10.0. The fraction of sp³-hybridized carbons (Fsp3) is 0.429. The van der Waals surface area contributed by atoms with Crippen molar-refractivity contribution in [1.29, 1.82) is 0 Å². The molecule has 0 radical (unpaired) electrons. The SMILES string of the molecule is CC1OCCC1CNC(=O)Nc1ccc(Cl)cc1C(=O)O. The number of nitrogens with one attached hydrogen (secondary N) is 2. The Morgan fingerprint density at radius 3 is 2.86 bits per heavy atom. The number of ether oxygens (including phenoxy) is 1. The van der Waals surface area contributed by atoms with Crippen LogP contribution in [0, 0.1) is 5.92 Å². The number of carboxylic acid groups (broad SMARTS) is 1.